The van der Waals surface area contributed by atoms with Gasteiger partial charge in [-0.25, -0.2) is 19.3 Å². The first-order valence-electron chi connectivity index (χ1n) is 7.75. The fourth-order valence-electron chi connectivity index (χ4n) is 2.89. The average molecular weight is 346 g/mol. The summed E-state index contributed by atoms with van der Waals surface area (Å²) < 4.78 is 15.7. The zero-order valence-electron chi connectivity index (χ0n) is 12.9. The van der Waals surface area contributed by atoms with Gasteiger partial charge in [-0.15, -0.1) is 11.3 Å². The summed E-state index contributed by atoms with van der Waals surface area (Å²) in [7, 11) is 0. The van der Waals surface area contributed by atoms with E-state index in [1.165, 1.54) is 12.1 Å². The number of hydrogen-bond acceptors (Lipinski definition) is 4. The molecule has 3 aromatic heterocycles. The van der Waals surface area contributed by atoms with Crippen LogP contribution in [0.1, 0.15) is 0 Å². The number of benzene rings is 2. The Balaban J connectivity index is 1.91. The molecule has 25 heavy (non-hydrogen) atoms. The minimum absolute atomic E-state index is 0.301. The summed E-state index contributed by atoms with van der Waals surface area (Å²) in [5, 5.41) is 1.99. The highest BCUT2D eigenvalue weighted by Gasteiger charge is 2.18. The molecule has 4 nitrogen and oxygen atoms in total. The van der Waals surface area contributed by atoms with Crippen LogP contribution in [0.25, 0.3) is 38.7 Å². The number of rotatable bonds is 2. The van der Waals surface area contributed by atoms with Crippen LogP contribution >= 0.6 is 11.3 Å². The van der Waals surface area contributed by atoms with Gasteiger partial charge in [-0.2, -0.15) is 0 Å². The predicted octanol–water partition coefficient (Wildman–Crippen LogP) is 4.84. The fourth-order valence-corrected chi connectivity index (χ4v) is 3.59. The fraction of sp³-hybridized carbons (Fsp3) is 0. The molecule has 0 aliphatic rings. The van der Waals surface area contributed by atoms with Crippen LogP contribution in [-0.2, 0) is 0 Å². The van der Waals surface area contributed by atoms with E-state index in [2.05, 4.69) is 9.97 Å². The molecule has 2 aromatic carbocycles. The van der Waals surface area contributed by atoms with Crippen molar-refractivity contribution in [1.82, 2.24) is 19.5 Å². The Morgan fingerprint density at radius 3 is 2.44 bits per heavy atom. The summed E-state index contributed by atoms with van der Waals surface area (Å²) in [6.07, 6.45) is 0. The van der Waals surface area contributed by atoms with Gasteiger partial charge in [0.25, 0.3) is 0 Å². The molecule has 0 aliphatic carbocycles. The Morgan fingerprint density at radius 1 is 0.840 bits per heavy atom. The molecule has 0 saturated carbocycles. The second kappa shape index (κ2) is 5.46. The SMILES string of the molecule is Fc1cccc(-n2c(-c3cccs3)nc3nc4ccccc4nc32)c1. The number of aromatic nitrogens is 4. The van der Waals surface area contributed by atoms with Gasteiger partial charge < -0.3 is 0 Å². The van der Waals surface area contributed by atoms with E-state index in [1.807, 2.05) is 52.4 Å². The number of fused-ring (bicyclic) bond motifs is 2. The predicted molar refractivity (Wildman–Crippen MR) is 97.4 cm³/mol. The number of hydrogen-bond donors (Lipinski definition) is 0. The lowest BCUT2D eigenvalue weighted by Crippen LogP contribution is -1.99. The van der Waals surface area contributed by atoms with Crippen molar-refractivity contribution >= 4 is 33.7 Å². The standard InChI is InChI=1S/C19H11FN4S/c20-12-5-3-6-13(11-12)24-18(16-9-4-10-25-16)23-17-19(24)22-15-8-2-1-7-14(15)21-17/h1-11H. The minimum atomic E-state index is -0.301. The highest BCUT2D eigenvalue weighted by molar-refractivity contribution is 7.13. The number of thiophene rings is 1. The van der Waals surface area contributed by atoms with Crippen molar-refractivity contribution in [2.45, 2.75) is 0 Å². The highest BCUT2D eigenvalue weighted by atomic mass is 32.1. The zero-order valence-corrected chi connectivity index (χ0v) is 13.7. The molecule has 0 radical (unpaired) electrons. The molecule has 0 aliphatic heterocycles. The molecule has 0 spiro atoms. The lowest BCUT2D eigenvalue weighted by Gasteiger charge is -2.08. The van der Waals surface area contributed by atoms with Crippen LogP contribution in [0, 0.1) is 5.82 Å². The average Bonchev–Trinajstić information content (AvgIpc) is 3.27. The third kappa shape index (κ3) is 2.30. The molecule has 0 saturated heterocycles. The normalized spacial score (nSPS) is 11.4. The van der Waals surface area contributed by atoms with Gasteiger partial charge in [-0.3, -0.25) is 4.57 Å². The number of halogens is 1. The Hall–Kier alpha value is -3.12. The van der Waals surface area contributed by atoms with Crippen molar-refractivity contribution in [3.8, 4) is 16.4 Å². The molecule has 0 unspecified atom stereocenters. The van der Waals surface area contributed by atoms with Crippen LogP contribution in [0.5, 0.6) is 0 Å². The van der Waals surface area contributed by atoms with Crippen LogP contribution in [0.15, 0.2) is 66.0 Å². The maximum atomic E-state index is 13.8. The Kier molecular flexibility index (Phi) is 3.11. The van der Waals surface area contributed by atoms with E-state index >= 15 is 0 Å². The minimum Gasteiger partial charge on any atom is -0.274 e. The first-order valence-corrected chi connectivity index (χ1v) is 8.62. The van der Waals surface area contributed by atoms with Crippen molar-refractivity contribution in [3.05, 3.63) is 71.9 Å². The van der Waals surface area contributed by atoms with Crippen molar-refractivity contribution in [2.75, 3.05) is 0 Å². The first kappa shape index (κ1) is 14.2. The molecule has 120 valence electrons. The second-order valence-electron chi connectivity index (χ2n) is 5.59. The smallest absolute Gasteiger partial charge is 0.199 e. The summed E-state index contributed by atoms with van der Waals surface area (Å²) in [6, 6.07) is 18.1. The van der Waals surface area contributed by atoms with Crippen molar-refractivity contribution < 1.29 is 4.39 Å². The molecule has 3 heterocycles. The topological polar surface area (TPSA) is 43.6 Å². The summed E-state index contributed by atoms with van der Waals surface area (Å²) in [5.41, 5.74) is 3.41. The lowest BCUT2D eigenvalue weighted by atomic mass is 10.3. The zero-order chi connectivity index (χ0) is 16.8. The van der Waals surface area contributed by atoms with Gasteiger partial charge in [-0.1, -0.05) is 24.3 Å². The second-order valence-corrected chi connectivity index (χ2v) is 6.54. The van der Waals surface area contributed by atoms with E-state index < -0.39 is 0 Å². The van der Waals surface area contributed by atoms with Crippen LogP contribution in [0.2, 0.25) is 0 Å². The molecule has 0 amide bonds. The van der Waals surface area contributed by atoms with Gasteiger partial charge in [0.2, 0.25) is 0 Å². The Morgan fingerprint density at radius 2 is 1.68 bits per heavy atom. The van der Waals surface area contributed by atoms with E-state index in [0.29, 0.717) is 22.8 Å². The summed E-state index contributed by atoms with van der Waals surface area (Å²) in [5.74, 6) is 0.413. The van der Waals surface area contributed by atoms with E-state index in [9.17, 15) is 4.39 Å². The lowest BCUT2D eigenvalue weighted by molar-refractivity contribution is 0.627. The van der Waals surface area contributed by atoms with E-state index in [-0.39, 0.29) is 5.82 Å². The summed E-state index contributed by atoms with van der Waals surface area (Å²) >= 11 is 1.58. The van der Waals surface area contributed by atoms with E-state index in [0.717, 1.165) is 15.9 Å². The third-order valence-corrected chi connectivity index (χ3v) is 4.84. The Bertz CT molecular complexity index is 1210. The molecule has 5 aromatic rings. The van der Waals surface area contributed by atoms with Crippen molar-refractivity contribution in [1.29, 1.82) is 0 Å². The van der Waals surface area contributed by atoms with Crippen molar-refractivity contribution in [3.63, 3.8) is 0 Å². The van der Waals surface area contributed by atoms with Gasteiger partial charge in [0.1, 0.15) is 5.82 Å². The molecule has 6 heteroatoms. The first-order chi connectivity index (χ1) is 12.3. The Labute approximate surface area is 146 Å². The third-order valence-electron chi connectivity index (χ3n) is 3.98. The molecule has 0 atom stereocenters. The van der Waals surface area contributed by atoms with Gasteiger partial charge in [0.15, 0.2) is 17.1 Å². The van der Waals surface area contributed by atoms with Crippen LogP contribution in [0.3, 0.4) is 0 Å². The molecular weight excluding hydrogens is 335 g/mol. The van der Waals surface area contributed by atoms with Crippen LogP contribution in [-0.4, -0.2) is 19.5 Å². The maximum Gasteiger partial charge on any atom is 0.199 e. The molecule has 5 rings (SSSR count). The van der Waals surface area contributed by atoms with Gasteiger partial charge in [-0.05, 0) is 41.8 Å². The van der Waals surface area contributed by atoms with Gasteiger partial charge in [0.05, 0.1) is 21.6 Å². The van der Waals surface area contributed by atoms with Crippen LogP contribution in [0.4, 0.5) is 4.39 Å². The monoisotopic (exact) mass is 346 g/mol. The number of nitrogens with zero attached hydrogens (tertiary/aromatic N) is 4. The van der Waals surface area contributed by atoms with Gasteiger partial charge >= 0.3 is 0 Å². The summed E-state index contributed by atoms with van der Waals surface area (Å²) in [4.78, 5) is 15.0. The largest absolute Gasteiger partial charge is 0.274 e. The molecular formula is C19H11FN4S. The molecule has 0 fully saturated rings. The highest BCUT2D eigenvalue weighted by Crippen LogP contribution is 2.30. The molecule has 0 N–H and O–H groups in total. The van der Waals surface area contributed by atoms with Crippen LogP contribution < -0.4 is 0 Å². The van der Waals surface area contributed by atoms with E-state index in [1.54, 1.807) is 17.4 Å². The molecule has 0 bridgehead atoms. The number of para-hydroxylation sites is 2. The maximum absolute atomic E-state index is 13.8. The summed E-state index contributed by atoms with van der Waals surface area (Å²) in [6.45, 7) is 0. The van der Waals surface area contributed by atoms with Crippen molar-refractivity contribution in [2.24, 2.45) is 0 Å². The van der Waals surface area contributed by atoms with Gasteiger partial charge in [0, 0.05) is 0 Å². The van der Waals surface area contributed by atoms with E-state index in [4.69, 9.17) is 4.98 Å². The number of imidazole rings is 1. The quantitative estimate of drug-likeness (QED) is 0.459.